The Bertz CT molecular complexity index is 751. The van der Waals surface area contributed by atoms with Crippen LogP contribution in [0.25, 0.3) is 0 Å². The number of benzene rings is 2. The molecule has 114 valence electrons. The first kappa shape index (κ1) is 14.8. The van der Waals surface area contributed by atoms with E-state index in [2.05, 4.69) is 87.4 Å². The molecule has 1 nitrogen and oxygen atoms in total. The van der Waals surface area contributed by atoms with E-state index < -0.39 is 0 Å². The quantitative estimate of drug-likeness (QED) is 0.533. The van der Waals surface area contributed by atoms with Crippen molar-refractivity contribution in [2.45, 2.75) is 38.1 Å². The molecule has 0 aromatic heterocycles. The van der Waals surface area contributed by atoms with E-state index in [1.807, 2.05) is 0 Å². The van der Waals surface area contributed by atoms with Crippen molar-refractivity contribution in [3.05, 3.63) is 62.0 Å². The lowest BCUT2D eigenvalue weighted by molar-refractivity contribution is 0.239. The van der Waals surface area contributed by atoms with Gasteiger partial charge in [0.1, 0.15) is 0 Å². The Morgan fingerprint density at radius 3 is 2.59 bits per heavy atom. The summed E-state index contributed by atoms with van der Waals surface area (Å²) in [4.78, 5) is 0. The number of hydrogen-bond donors (Lipinski definition) is 1. The van der Waals surface area contributed by atoms with Crippen LogP contribution in [0.3, 0.4) is 0 Å². The second-order valence-corrected chi connectivity index (χ2v) is 8.68. The SMILES string of the molecule is CC1(C)c2c(Br)ccc(Br)c2N[C@H]2c3ccccc3CC[C@H]21. The van der Waals surface area contributed by atoms with Crippen molar-refractivity contribution in [3.63, 3.8) is 0 Å². The summed E-state index contributed by atoms with van der Waals surface area (Å²) in [7, 11) is 0. The van der Waals surface area contributed by atoms with Crippen LogP contribution in [0.2, 0.25) is 0 Å². The molecule has 2 atom stereocenters. The Kier molecular flexibility index (Phi) is 3.43. The van der Waals surface area contributed by atoms with E-state index in [-0.39, 0.29) is 5.41 Å². The summed E-state index contributed by atoms with van der Waals surface area (Å²) < 4.78 is 2.36. The molecule has 0 fully saturated rings. The molecule has 3 heteroatoms. The van der Waals surface area contributed by atoms with Gasteiger partial charge in [-0.2, -0.15) is 0 Å². The van der Waals surface area contributed by atoms with Crippen molar-refractivity contribution in [2.24, 2.45) is 5.92 Å². The maximum absolute atomic E-state index is 3.84. The Labute approximate surface area is 148 Å². The van der Waals surface area contributed by atoms with Gasteiger partial charge in [-0.3, -0.25) is 0 Å². The van der Waals surface area contributed by atoms with Gasteiger partial charge in [-0.25, -0.2) is 0 Å². The van der Waals surface area contributed by atoms with E-state index in [9.17, 15) is 0 Å². The molecule has 1 heterocycles. The van der Waals surface area contributed by atoms with Gasteiger partial charge in [-0.1, -0.05) is 54.0 Å². The first-order chi connectivity index (χ1) is 10.5. The van der Waals surface area contributed by atoms with Crippen LogP contribution in [0, 0.1) is 5.92 Å². The molecule has 0 spiro atoms. The molecule has 0 saturated carbocycles. The molecule has 4 rings (SSSR count). The third kappa shape index (κ3) is 2.01. The molecule has 0 bridgehead atoms. The van der Waals surface area contributed by atoms with Crippen LogP contribution >= 0.6 is 31.9 Å². The van der Waals surface area contributed by atoms with E-state index in [0.717, 1.165) is 4.47 Å². The number of halogens is 2. The summed E-state index contributed by atoms with van der Waals surface area (Å²) in [5.74, 6) is 0.612. The largest absolute Gasteiger partial charge is 0.377 e. The first-order valence-electron chi connectivity index (χ1n) is 7.83. The number of aryl methyl sites for hydroxylation is 1. The summed E-state index contributed by atoms with van der Waals surface area (Å²) in [5, 5.41) is 3.84. The van der Waals surface area contributed by atoms with Crippen LogP contribution in [0.15, 0.2) is 45.3 Å². The van der Waals surface area contributed by atoms with Crippen LogP contribution in [0.4, 0.5) is 5.69 Å². The standard InChI is InChI=1S/C19H19Br2N/c1-19(2)13-8-7-11-5-3-4-6-12(11)17(13)22-18-15(21)10-9-14(20)16(18)19/h3-6,9-10,13,17,22H,7-8H2,1-2H3/t13-,17+/m1/s1. The zero-order valence-electron chi connectivity index (χ0n) is 12.8. The molecule has 0 amide bonds. The highest BCUT2D eigenvalue weighted by molar-refractivity contribution is 9.11. The summed E-state index contributed by atoms with van der Waals surface area (Å²) in [5.41, 5.74) is 5.77. The van der Waals surface area contributed by atoms with Gasteiger partial charge >= 0.3 is 0 Å². The van der Waals surface area contributed by atoms with Gasteiger partial charge < -0.3 is 5.32 Å². The molecule has 0 saturated heterocycles. The summed E-state index contributed by atoms with van der Waals surface area (Å²) in [6.07, 6.45) is 2.42. The molecule has 1 aliphatic carbocycles. The number of hydrogen-bond acceptors (Lipinski definition) is 1. The Balaban J connectivity index is 1.93. The molecule has 2 aromatic carbocycles. The van der Waals surface area contributed by atoms with Crippen LogP contribution in [-0.4, -0.2) is 0 Å². The van der Waals surface area contributed by atoms with E-state index >= 15 is 0 Å². The zero-order valence-corrected chi connectivity index (χ0v) is 16.0. The minimum absolute atomic E-state index is 0.140. The molecule has 2 aromatic rings. The van der Waals surface area contributed by atoms with Gasteiger partial charge in [0.15, 0.2) is 0 Å². The maximum atomic E-state index is 3.84. The predicted octanol–water partition coefficient (Wildman–Crippen LogP) is 6.22. The van der Waals surface area contributed by atoms with Crippen molar-refractivity contribution < 1.29 is 0 Å². The summed E-state index contributed by atoms with van der Waals surface area (Å²) >= 11 is 7.52. The highest BCUT2D eigenvalue weighted by atomic mass is 79.9. The molecule has 1 N–H and O–H groups in total. The predicted molar refractivity (Wildman–Crippen MR) is 99.5 cm³/mol. The minimum Gasteiger partial charge on any atom is -0.377 e. The minimum atomic E-state index is 0.140. The summed E-state index contributed by atoms with van der Waals surface area (Å²) in [6.45, 7) is 4.80. The normalized spacial score (nSPS) is 24.7. The van der Waals surface area contributed by atoms with Crippen LogP contribution in [0.1, 0.15) is 43.0 Å². The van der Waals surface area contributed by atoms with Crippen molar-refractivity contribution in [2.75, 3.05) is 5.32 Å². The lowest BCUT2D eigenvalue weighted by Gasteiger charge is -2.49. The highest BCUT2D eigenvalue weighted by Crippen LogP contribution is 2.55. The number of fused-ring (bicyclic) bond motifs is 4. The van der Waals surface area contributed by atoms with Crippen molar-refractivity contribution in [1.82, 2.24) is 0 Å². The first-order valence-corrected chi connectivity index (χ1v) is 9.41. The number of rotatable bonds is 0. The Hall–Kier alpha value is -0.800. The van der Waals surface area contributed by atoms with Gasteiger partial charge in [-0.15, -0.1) is 0 Å². The summed E-state index contributed by atoms with van der Waals surface area (Å²) in [6, 6.07) is 13.6. The second kappa shape index (κ2) is 5.10. The third-order valence-electron chi connectivity index (χ3n) is 5.49. The fraction of sp³-hybridized carbons (Fsp3) is 0.368. The topological polar surface area (TPSA) is 12.0 Å². The Morgan fingerprint density at radius 1 is 1.05 bits per heavy atom. The molecular formula is C19H19Br2N. The molecule has 1 aliphatic heterocycles. The third-order valence-corrected chi connectivity index (χ3v) is 6.81. The van der Waals surface area contributed by atoms with E-state index in [1.165, 1.54) is 39.7 Å². The monoisotopic (exact) mass is 419 g/mol. The van der Waals surface area contributed by atoms with Crippen LogP contribution in [0.5, 0.6) is 0 Å². The fourth-order valence-corrected chi connectivity index (χ4v) is 5.67. The second-order valence-electron chi connectivity index (χ2n) is 6.97. The smallest absolute Gasteiger partial charge is 0.0553 e. The van der Waals surface area contributed by atoms with E-state index in [4.69, 9.17) is 0 Å². The molecule has 0 radical (unpaired) electrons. The average molecular weight is 421 g/mol. The number of anilines is 1. The molecule has 22 heavy (non-hydrogen) atoms. The fourth-order valence-electron chi connectivity index (χ4n) is 4.38. The average Bonchev–Trinajstić information content (AvgIpc) is 2.50. The molecule has 2 aliphatic rings. The molecular weight excluding hydrogens is 402 g/mol. The highest BCUT2D eigenvalue weighted by Gasteiger charge is 2.46. The lowest BCUT2D eigenvalue weighted by Crippen LogP contribution is -2.44. The van der Waals surface area contributed by atoms with Crippen molar-refractivity contribution >= 4 is 37.5 Å². The van der Waals surface area contributed by atoms with E-state index in [0.29, 0.717) is 12.0 Å². The van der Waals surface area contributed by atoms with Crippen LogP contribution < -0.4 is 5.32 Å². The Morgan fingerprint density at radius 2 is 1.77 bits per heavy atom. The van der Waals surface area contributed by atoms with Gasteiger partial charge in [0.05, 0.1) is 11.7 Å². The van der Waals surface area contributed by atoms with Gasteiger partial charge in [0.2, 0.25) is 0 Å². The van der Waals surface area contributed by atoms with E-state index in [1.54, 1.807) is 0 Å². The van der Waals surface area contributed by atoms with Crippen LogP contribution in [-0.2, 0) is 11.8 Å². The number of nitrogens with one attached hydrogen (secondary N) is 1. The van der Waals surface area contributed by atoms with Gasteiger partial charge in [0, 0.05) is 8.95 Å². The van der Waals surface area contributed by atoms with Crippen molar-refractivity contribution in [1.29, 1.82) is 0 Å². The maximum Gasteiger partial charge on any atom is 0.0553 e. The van der Waals surface area contributed by atoms with Crippen molar-refractivity contribution in [3.8, 4) is 0 Å². The molecule has 0 unspecified atom stereocenters. The lowest BCUT2D eigenvalue weighted by atomic mass is 9.61. The van der Waals surface area contributed by atoms with Gasteiger partial charge in [0.25, 0.3) is 0 Å². The zero-order chi connectivity index (χ0) is 15.5. The van der Waals surface area contributed by atoms with Gasteiger partial charge in [-0.05, 0) is 68.9 Å².